The van der Waals surface area contributed by atoms with E-state index in [4.69, 9.17) is 4.74 Å². The lowest BCUT2D eigenvalue weighted by molar-refractivity contribution is 0.0990. The van der Waals surface area contributed by atoms with E-state index in [0.29, 0.717) is 0 Å². The van der Waals surface area contributed by atoms with Gasteiger partial charge >= 0.3 is 0 Å². The van der Waals surface area contributed by atoms with Gasteiger partial charge in [0.1, 0.15) is 11.4 Å². The van der Waals surface area contributed by atoms with Gasteiger partial charge in [0.2, 0.25) is 0 Å². The highest BCUT2D eigenvalue weighted by atomic mass is 16.5. The standard InChI is InChI=1S/C22H27N3O/c1-24-21(18-7-8-18)19(15-23-24)16-25-13-4-10-22(12-14-25)11-9-17-5-2-3-6-20(17)26-22/h2-3,5-6,9,11,15,18H,4,7-8,10,12-14,16H2,1H3. The summed E-state index contributed by atoms with van der Waals surface area (Å²) in [5.41, 5.74) is 3.96. The van der Waals surface area contributed by atoms with Gasteiger partial charge in [-0.25, -0.2) is 0 Å². The van der Waals surface area contributed by atoms with Gasteiger partial charge in [0, 0.05) is 49.3 Å². The van der Waals surface area contributed by atoms with Crippen molar-refractivity contribution in [1.82, 2.24) is 14.7 Å². The van der Waals surface area contributed by atoms with Crippen LogP contribution in [0.3, 0.4) is 0 Å². The number of nitrogens with zero attached hydrogens (tertiary/aromatic N) is 3. The third kappa shape index (κ3) is 2.96. The molecule has 3 heterocycles. The van der Waals surface area contributed by atoms with E-state index >= 15 is 0 Å². The first-order chi connectivity index (χ1) is 12.7. The summed E-state index contributed by atoms with van der Waals surface area (Å²) < 4.78 is 8.58. The molecule has 2 aromatic rings. The molecule has 1 aromatic carbocycles. The fourth-order valence-corrected chi connectivity index (χ4v) is 4.56. The highest BCUT2D eigenvalue weighted by Gasteiger charge is 2.35. The minimum absolute atomic E-state index is 0.128. The van der Waals surface area contributed by atoms with Crippen LogP contribution in [-0.4, -0.2) is 33.4 Å². The van der Waals surface area contributed by atoms with Crippen molar-refractivity contribution >= 4 is 6.08 Å². The van der Waals surface area contributed by atoms with Crippen LogP contribution in [0.25, 0.3) is 6.08 Å². The normalized spacial score (nSPS) is 25.7. The summed E-state index contributed by atoms with van der Waals surface area (Å²) >= 11 is 0. The number of hydrogen-bond donors (Lipinski definition) is 0. The SMILES string of the molecule is Cn1ncc(CN2CCCC3(C=Cc4ccccc4O3)CC2)c1C1CC1. The summed E-state index contributed by atoms with van der Waals surface area (Å²) in [5.74, 6) is 1.78. The van der Waals surface area contributed by atoms with Crippen LogP contribution in [-0.2, 0) is 13.6 Å². The lowest BCUT2D eigenvalue weighted by atomic mass is 9.91. The first-order valence-corrected chi connectivity index (χ1v) is 9.93. The first-order valence-electron chi connectivity index (χ1n) is 9.93. The van der Waals surface area contributed by atoms with Crippen LogP contribution in [0.4, 0.5) is 0 Å². The Morgan fingerprint density at radius 1 is 1.19 bits per heavy atom. The molecule has 1 saturated carbocycles. The molecule has 1 unspecified atom stereocenters. The molecule has 0 bridgehead atoms. The Labute approximate surface area is 155 Å². The number of benzene rings is 1. The van der Waals surface area contributed by atoms with Crippen molar-refractivity contribution in [2.75, 3.05) is 13.1 Å². The van der Waals surface area contributed by atoms with Crippen LogP contribution in [0.1, 0.15) is 54.8 Å². The summed E-state index contributed by atoms with van der Waals surface area (Å²) in [4.78, 5) is 2.59. The fraction of sp³-hybridized carbons (Fsp3) is 0.500. The molecule has 4 nitrogen and oxygen atoms in total. The third-order valence-electron chi connectivity index (χ3n) is 6.15. The molecule has 1 spiro atoms. The summed E-state index contributed by atoms with van der Waals surface area (Å²) in [7, 11) is 2.09. The lowest BCUT2D eigenvalue weighted by Gasteiger charge is -2.34. The lowest BCUT2D eigenvalue weighted by Crippen LogP contribution is -2.36. The Bertz CT molecular complexity index is 836. The topological polar surface area (TPSA) is 30.3 Å². The van der Waals surface area contributed by atoms with Crippen LogP contribution in [0.2, 0.25) is 0 Å². The monoisotopic (exact) mass is 349 g/mol. The van der Waals surface area contributed by atoms with Crippen LogP contribution in [0, 0.1) is 0 Å². The molecule has 26 heavy (non-hydrogen) atoms. The van der Waals surface area contributed by atoms with Gasteiger partial charge in [0.15, 0.2) is 0 Å². The van der Waals surface area contributed by atoms with E-state index in [1.807, 2.05) is 0 Å². The quantitative estimate of drug-likeness (QED) is 0.835. The molecule has 1 aliphatic carbocycles. The molecular weight excluding hydrogens is 322 g/mol. The fourth-order valence-electron chi connectivity index (χ4n) is 4.56. The van der Waals surface area contributed by atoms with E-state index in [1.54, 1.807) is 0 Å². The second-order valence-corrected chi connectivity index (χ2v) is 8.12. The molecule has 0 N–H and O–H groups in total. The summed E-state index contributed by atoms with van der Waals surface area (Å²) in [6.45, 7) is 3.24. The minimum Gasteiger partial charge on any atom is -0.483 e. The van der Waals surface area contributed by atoms with Crippen LogP contribution >= 0.6 is 0 Å². The maximum Gasteiger partial charge on any atom is 0.129 e. The first kappa shape index (κ1) is 16.1. The van der Waals surface area contributed by atoms with Gasteiger partial charge < -0.3 is 4.74 Å². The number of fused-ring (bicyclic) bond motifs is 1. The summed E-state index contributed by atoms with van der Waals surface area (Å²) in [6.07, 6.45) is 12.6. The molecule has 4 heteroatoms. The van der Waals surface area contributed by atoms with Gasteiger partial charge in [-0.1, -0.05) is 24.3 Å². The predicted octanol–water partition coefficient (Wildman–Crippen LogP) is 4.13. The Kier molecular flexibility index (Phi) is 3.89. The average molecular weight is 349 g/mol. The molecule has 2 fully saturated rings. The molecular formula is C22H27N3O. The average Bonchev–Trinajstić information content (AvgIpc) is 3.45. The molecule has 0 amide bonds. The maximum absolute atomic E-state index is 6.49. The Balaban J connectivity index is 1.30. The number of hydrogen-bond acceptors (Lipinski definition) is 3. The van der Waals surface area contributed by atoms with Gasteiger partial charge in [-0.3, -0.25) is 9.58 Å². The zero-order valence-corrected chi connectivity index (χ0v) is 15.5. The second-order valence-electron chi connectivity index (χ2n) is 8.12. The third-order valence-corrected chi connectivity index (χ3v) is 6.15. The molecule has 2 aliphatic heterocycles. The zero-order chi connectivity index (χ0) is 17.6. The number of likely N-dealkylation sites (tertiary alicyclic amines) is 1. The molecule has 3 aliphatic rings. The molecule has 1 saturated heterocycles. The van der Waals surface area contributed by atoms with Crippen molar-refractivity contribution in [2.24, 2.45) is 7.05 Å². The minimum atomic E-state index is -0.128. The van der Waals surface area contributed by atoms with Crippen molar-refractivity contribution in [3.63, 3.8) is 0 Å². The molecule has 5 rings (SSSR count). The van der Waals surface area contributed by atoms with E-state index in [-0.39, 0.29) is 5.60 Å². The van der Waals surface area contributed by atoms with Crippen molar-refractivity contribution in [1.29, 1.82) is 0 Å². The van der Waals surface area contributed by atoms with Gasteiger partial charge in [-0.05, 0) is 44.4 Å². The van der Waals surface area contributed by atoms with Crippen molar-refractivity contribution in [3.05, 3.63) is 53.4 Å². The van der Waals surface area contributed by atoms with E-state index in [9.17, 15) is 0 Å². The Morgan fingerprint density at radius 2 is 2.08 bits per heavy atom. The van der Waals surface area contributed by atoms with E-state index in [0.717, 1.165) is 44.1 Å². The van der Waals surface area contributed by atoms with Gasteiger partial charge in [0.25, 0.3) is 0 Å². The van der Waals surface area contributed by atoms with Gasteiger partial charge in [0.05, 0.1) is 6.20 Å². The van der Waals surface area contributed by atoms with Crippen molar-refractivity contribution < 1.29 is 4.74 Å². The zero-order valence-electron chi connectivity index (χ0n) is 15.5. The summed E-state index contributed by atoms with van der Waals surface area (Å²) in [6, 6.07) is 8.37. The number of aryl methyl sites for hydroxylation is 1. The molecule has 136 valence electrons. The highest BCUT2D eigenvalue weighted by Crippen LogP contribution is 2.42. The molecule has 1 atom stereocenters. The number of aromatic nitrogens is 2. The molecule has 0 radical (unpaired) electrons. The highest BCUT2D eigenvalue weighted by molar-refractivity contribution is 5.60. The van der Waals surface area contributed by atoms with E-state index < -0.39 is 0 Å². The van der Waals surface area contributed by atoms with Gasteiger partial charge in [-0.15, -0.1) is 0 Å². The van der Waals surface area contributed by atoms with Gasteiger partial charge in [-0.2, -0.15) is 5.10 Å². The number of ether oxygens (including phenoxy) is 1. The molecule has 1 aromatic heterocycles. The van der Waals surface area contributed by atoms with Crippen molar-refractivity contribution in [3.8, 4) is 5.75 Å². The largest absolute Gasteiger partial charge is 0.483 e. The van der Waals surface area contributed by atoms with E-state index in [1.165, 1.54) is 36.1 Å². The Morgan fingerprint density at radius 3 is 2.96 bits per heavy atom. The van der Waals surface area contributed by atoms with E-state index in [2.05, 4.69) is 64.3 Å². The number of para-hydroxylation sites is 1. The maximum atomic E-state index is 6.49. The predicted molar refractivity (Wildman–Crippen MR) is 103 cm³/mol. The number of rotatable bonds is 3. The van der Waals surface area contributed by atoms with Crippen molar-refractivity contribution in [2.45, 2.75) is 50.2 Å². The smallest absolute Gasteiger partial charge is 0.129 e. The van der Waals surface area contributed by atoms with Crippen LogP contribution < -0.4 is 4.74 Å². The summed E-state index contributed by atoms with van der Waals surface area (Å²) in [5, 5.41) is 4.53. The second kappa shape index (κ2) is 6.27. The van der Waals surface area contributed by atoms with Crippen LogP contribution in [0.5, 0.6) is 5.75 Å². The Hall–Kier alpha value is -2.07. The van der Waals surface area contributed by atoms with Crippen LogP contribution in [0.15, 0.2) is 36.5 Å².